The van der Waals surface area contributed by atoms with Gasteiger partial charge in [-0.15, -0.1) is 0 Å². The number of carbonyl (C=O) groups is 1. The monoisotopic (exact) mass is 325 g/mol. The average molecular weight is 325 g/mol. The largest absolute Gasteiger partial charge is 0.393 e. The standard InChI is InChI=1S/C19H23N3O2/c1-22(13-15-3-2-4-18(15)23)19(24)14-5-7-16(8-6-14)21-17-9-11-20-12-10-17/h5-12,15,18,23H,2-4,13H2,1H3,(H,20,21). The molecule has 3 rings (SSSR count). The molecular formula is C19H23N3O2. The first-order valence-electron chi connectivity index (χ1n) is 8.34. The third-order valence-electron chi connectivity index (χ3n) is 4.57. The van der Waals surface area contributed by atoms with Crippen molar-refractivity contribution in [3.63, 3.8) is 0 Å². The highest BCUT2D eigenvalue weighted by Gasteiger charge is 2.27. The number of anilines is 2. The van der Waals surface area contributed by atoms with Crippen LogP contribution in [0.1, 0.15) is 29.6 Å². The highest BCUT2D eigenvalue weighted by molar-refractivity contribution is 5.94. The quantitative estimate of drug-likeness (QED) is 0.887. The maximum absolute atomic E-state index is 12.5. The molecule has 2 unspecified atom stereocenters. The van der Waals surface area contributed by atoms with E-state index in [0.717, 1.165) is 30.6 Å². The van der Waals surface area contributed by atoms with Gasteiger partial charge in [-0.1, -0.05) is 6.42 Å². The van der Waals surface area contributed by atoms with E-state index >= 15 is 0 Å². The molecule has 5 nitrogen and oxygen atoms in total. The predicted molar refractivity (Wildman–Crippen MR) is 94.3 cm³/mol. The van der Waals surface area contributed by atoms with Gasteiger partial charge in [0.25, 0.3) is 5.91 Å². The highest BCUT2D eigenvalue weighted by Crippen LogP contribution is 2.26. The number of aromatic nitrogens is 1. The molecule has 126 valence electrons. The van der Waals surface area contributed by atoms with Crippen molar-refractivity contribution < 1.29 is 9.90 Å². The normalized spacial score (nSPS) is 19.9. The molecule has 1 amide bonds. The molecule has 2 aromatic rings. The second kappa shape index (κ2) is 7.45. The molecule has 0 bridgehead atoms. The van der Waals surface area contributed by atoms with E-state index in [9.17, 15) is 9.90 Å². The van der Waals surface area contributed by atoms with Crippen LogP contribution >= 0.6 is 0 Å². The van der Waals surface area contributed by atoms with E-state index in [0.29, 0.717) is 12.1 Å². The molecule has 1 aliphatic carbocycles. The molecule has 1 aliphatic rings. The van der Waals surface area contributed by atoms with Crippen molar-refractivity contribution in [1.29, 1.82) is 0 Å². The highest BCUT2D eigenvalue weighted by atomic mass is 16.3. The summed E-state index contributed by atoms with van der Waals surface area (Å²) in [6.07, 6.45) is 6.07. The number of amides is 1. The van der Waals surface area contributed by atoms with E-state index in [1.54, 1.807) is 24.3 Å². The first kappa shape index (κ1) is 16.5. The van der Waals surface area contributed by atoms with Gasteiger partial charge in [0.15, 0.2) is 0 Å². The Morgan fingerprint density at radius 2 is 1.83 bits per heavy atom. The second-order valence-corrected chi connectivity index (χ2v) is 6.38. The Morgan fingerprint density at radius 3 is 2.46 bits per heavy atom. The zero-order valence-corrected chi connectivity index (χ0v) is 13.9. The van der Waals surface area contributed by atoms with Crippen LogP contribution in [0.2, 0.25) is 0 Å². The molecule has 0 spiro atoms. The summed E-state index contributed by atoms with van der Waals surface area (Å²) in [4.78, 5) is 18.2. The molecule has 5 heteroatoms. The summed E-state index contributed by atoms with van der Waals surface area (Å²) in [6.45, 7) is 0.608. The summed E-state index contributed by atoms with van der Waals surface area (Å²) in [5.74, 6) is 0.191. The number of nitrogens with zero attached hydrogens (tertiary/aromatic N) is 2. The molecule has 2 atom stereocenters. The molecule has 2 N–H and O–H groups in total. The van der Waals surface area contributed by atoms with E-state index in [2.05, 4.69) is 10.3 Å². The summed E-state index contributed by atoms with van der Waals surface area (Å²) in [7, 11) is 1.80. The number of carbonyl (C=O) groups excluding carboxylic acids is 1. The third-order valence-corrected chi connectivity index (χ3v) is 4.57. The van der Waals surface area contributed by atoms with Crippen molar-refractivity contribution in [2.24, 2.45) is 5.92 Å². The van der Waals surface area contributed by atoms with Crippen LogP contribution in [0.4, 0.5) is 11.4 Å². The van der Waals surface area contributed by atoms with Crippen molar-refractivity contribution in [2.75, 3.05) is 18.9 Å². The topological polar surface area (TPSA) is 65.5 Å². The zero-order valence-electron chi connectivity index (χ0n) is 13.9. The lowest BCUT2D eigenvalue weighted by Crippen LogP contribution is -2.34. The minimum atomic E-state index is -0.271. The Hall–Kier alpha value is -2.40. The summed E-state index contributed by atoms with van der Waals surface area (Å²) in [6, 6.07) is 11.2. The minimum Gasteiger partial charge on any atom is -0.393 e. The van der Waals surface area contributed by atoms with Gasteiger partial charge in [0.05, 0.1) is 6.10 Å². The Kier molecular flexibility index (Phi) is 5.11. The minimum absolute atomic E-state index is 0.00967. The smallest absolute Gasteiger partial charge is 0.253 e. The average Bonchev–Trinajstić information content (AvgIpc) is 3.00. The molecule has 1 aromatic carbocycles. The fourth-order valence-corrected chi connectivity index (χ4v) is 3.18. The van der Waals surface area contributed by atoms with Gasteiger partial charge in [0.1, 0.15) is 0 Å². The molecule has 24 heavy (non-hydrogen) atoms. The van der Waals surface area contributed by atoms with Gasteiger partial charge >= 0.3 is 0 Å². The molecule has 0 radical (unpaired) electrons. The van der Waals surface area contributed by atoms with Crippen LogP contribution in [0.15, 0.2) is 48.8 Å². The number of hydrogen-bond donors (Lipinski definition) is 2. The fraction of sp³-hybridized carbons (Fsp3) is 0.368. The maximum atomic E-state index is 12.5. The predicted octanol–water partition coefficient (Wildman–Crippen LogP) is 3.06. The molecule has 1 saturated carbocycles. The van der Waals surface area contributed by atoms with Crippen molar-refractivity contribution in [3.05, 3.63) is 54.4 Å². The molecule has 0 saturated heterocycles. The van der Waals surface area contributed by atoms with Crippen LogP contribution < -0.4 is 5.32 Å². The Labute approximate surface area is 142 Å². The molecule has 0 aliphatic heterocycles. The van der Waals surface area contributed by atoms with E-state index in [1.807, 2.05) is 36.4 Å². The number of rotatable bonds is 5. The van der Waals surface area contributed by atoms with Gasteiger partial charge in [-0.25, -0.2) is 0 Å². The summed E-state index contributed by atoms with van der Waals surface area (Å²) >= 11 is 0. The van der Waals surface area contributed by atoms with Crippen molar-refractivity contribution >= 4 is 17.3 Å². The third kappa shape index (κ3) is 3.92. The van der Waals surface area contributed by atoms with E-state index in [4.69, 9.17) is 0 Å². The van der Waals surface area contributed by atoms with Crippen LogP contribution in [0.5, 0.6) is 0 Å². The SMILES string of the molecule is CN(CC1CCCC1O)C(=O)c1ccc(Nc2ccncc2)cc1. The number of pyridine rings is 1. The van der Waals surface area contributed by atoms with E-state index in [-0.39, 0.29) is 17.9 Å². The van der Waals surface area contributed by atoms with Crippen molar-refractivity contribution in [3.8, 4) is 0 Å². The van der Waals surface area contributed by atoms with Crippen molar-refractivity contribution in [2.45, 2.75) is 25.4 Å². The Bertz CT molecular complexity index is 673. The van der Waals surface area contributed by atoms with Gasteiger partial charge < -0.3 is 15.3 Å². The summed E-state index contributed by atoms with van der Waals surface area (Å²) < 4.78 is 0. The lowest BCUT2D eigenvalue weighted by atomic mass is 10.1. The van der Waals surface area contributed by atoms with Gasteiger partial charge in [-0.3, -0.25) is 9.78 Å². The maximum Gasteiger partial charge on any atom is 0.253 e. The van der Waals surface area contributed by atoms with Crippen LogP contribution in [0.3, 0.4) is 0 Å². The van der Waals surface area contributed by atoms with E-state index in [1.165, 1.54) is 0 Å². The van der Waals surface area contributed by atoms with Crippen molar-refractivity contribution in [1.82, 2.24) is 9.88 Å². The van der Waals surface area contributed by atoms with Gasteiger partial charge in [-0.05, 0) is 49.2 Å². The molecule has 1 heterocycles. The van der Waals surface area contributed by atoms with Gasteiger partial charge in [0, 0.05) is 48.8 Å². The molecule has 1 aromatic heterocycles. The second-order valence-electron chi connectivity index (χ2n) is 6.38. The number of nitrogens with one attached hydrogen (secondary N) is 1. The fourth-order valence-electron chi connectivity index (χ4n) is 3.18. The lowest BCUT2D eigenvalue weighted by Gasteiger charge is -2.23. The lowest BCUT2D eigenvalue weighted by molar-refractivity contribution is 0.0693. The number of benzene rings is 1. The Balaban J connectivity index is 1.61. The summed E-state index contributed by atoms with van der Waals surface area (Å²) in [5.41, 5.74) is 2.54. The zero-order chi connectivity index (χ0) is 16.9. The van der Waals surface area contributed by atoms with Gasteiger partial charge in [0.2, 0.25) is 0 Å². The van der Waals surface area contributed by atoms with Crippen LogP contribution in [0, 0.1) is 5.92 Å². The number of hydrogen-bond acceptors (Lipinski definition) is 4. The van der Waals surface area contributed by atoms with Crippen LogP contribution in [-0.2, 0) is 0 Å². The molecule has 1 fully saturated rings. The number of aliphatic hydroxyl groups excluding tert-OH is 1. The van der Waals surface area contributed by atoms with Crippen LogP contribution in [-0.4, -0.2) is 40.6 Å². The van der Waals surface area contributed by atoms with Crippen LogP contribution in [0.25, 0.3) is 0 Å². The summed E-state index contributed by atoms with van der Waals surface area (Å²) in [5, 5.41) is 13.2. The van der Waals surface area contributed by atoms with E-state index < -0.39 is 0 Å². The Morgan fingerprint density at radius 1 is 1.17 bits per heavy atom. The first-order chi connectivity index (χ1) is 11.6. The molecular weight excluding hydrogens is 302 g/mol. The van der Waals surface area contributed by atoms with Gasteiger partial charge in [-0.2, -0.15) is 0 Å². The first-order valence-corrected chi connectivity index (χ1v) is 8.34. The number of aliphatic hydroxyl groups is 1.